The van der Waals surface area contributed by atoms with Crippen molar-refractivity contribution in [3.05, 3.63) is 65.9 Å². The molecule has 1 amide bonds. The van der Waals surface area contributed by atoms with Crippen LogP contribution in [-0.4, -0.2) is 68.2 Å². The Morgan fingerprint density at radius 3 is 2.43 bits per heavy atom. The first-order chi connectivity index (χ1) is 17.8. The number of hydrogen-bond donors (Lipinski definition) is 0. The number of halogens is 1. The number of carbonyl (C=O) groups is 2. The molecule has 0 aliphatic carbocycles. The summed E-state index contributed by atoms with van der Waals surface area (Å²) in [7, 11) is -3.72. The van der Waals surface area contributed by atoms with E-state index in [1.807, 2.05) is 12.1 Å². The van der Waals surface area contributed by atoms with Gasteiger partial charge in [0.15, 0.2) is 9.84 Å². The highest BCUT2D eigenvalue weighted by atomic mass is 35.5. The fourth-order valence-corrected chi connectivity index (χ4v) is 6.07. The van der Waals surface area contributed by atoms with Gasteiger partial charge in [-0.15, -0.1) is 0 Å². The van der Waals surface area contributed by atoms with E-state index in [1.165, 1.54) is 11.0 Å². The van der Waals surface area contributed by atoms with Gasteiger partial charge in [0, 0.05) is 48.7 Å². The number of pyridine rings is 1. The SMILES string of the molecule is CCOC(=O)CN(C(=O)CCS(=O)(=O)c1ccc2cc(Cl)ccc2c1)C1CCN(c2ccncc2)CC1. The van der Waals surface area contributed by atoms with Gasteiger partial charge in [-0.2, -0.15) is 0 Å². The third-order valence-electron chi connectivity index (χ3n) is 6.58. The molecule has 1 aromatic heterocycles. The lowest BCUT2D eigenvalue weighted by atomic mass is 10.0. The van der Waals surface area contributed by atoms with E-state index in [0.717, 1.165) is 16.5 Å². The molecule has 0 atom stereocenters. The van der Waals surface area contributed by atoms with Crippen molar-refractivity contribution >= 4 is 49.8 Å². The molecule has 2 aromatic carbocycles. The van der Waals surface area contributed by atoms with Gasteiger partial charge >= 0.3 is 5.97 Å². The molecule has 2 heterocycles. The molecule has 0 radical (unpaired) electrons. The number of hydrogen-bond acceptors (Lipinski definition) is 7. The van der Waals surface area contributed by atoms with E-state index in [4.69, 9.17) is 16.3 Å². The fraction of sp³-hybridized carbons (Fsp3) is 0.370. The van der Waals surface area contributed by atoms with Crippen LogP contribution < -0.4 is 4.90 Å². The summed E-state index contributed by atoms with van der Waals surface area (Å²) in [6, 6.07) is 13.8. The molecule has 0 N–H and O–H groups in total. The van der Waals surface area contributed by atoms with Crippen molar-refractivity contribution in [3.63, 3.8) is 0 Å². The largest absolute Gasteiger partial charge is 0.465 e. The van der Waals surface area contributed by atoms with E-state index in [0.29, 0.717) is 31.0 Å². The summed E-state index contributed by atoms with van der Waals surface area (Å²) in [5, 5.41) is 2.16. The van der Waals surface area contributed by atoms with Gasteiger partial charge < -0.3 is 14.5 Å². The van der Waals surface area contributed by atoms with Crippen molar-refractivity contribution in [1.82, 2.24) is 9.88 Å². The molecule has 37 heavy (non-hydrogen) atoms. The first-order valence-electron chi connectivity index (χ1n) is 12.3. The normalized spacial score (nSPS) is 14.5. The average molecular weight is 544 g/mol. The molecule has 8 nitrogen and oxygen atoms in total. The van der Waals surface area contributed by atoms with Gasteiger partial charge in [-0.05, 0) is 66.9 Å². The number of rotatable bonds is 9. The molecule has 3 aromatic rings. The molecule has 0 saturated carbocycles. The predicted octanol–water partition coefficient (Wildman–Crippen LogP) is 4.11. The van der Waals surface area contributed by atoms with Crippen LogP contribution in [0.25, 0.3) is 10.8 Å². The molecule has 0 bridgehead atoms. The van der Waals surface area contributed by atoms with Crippen molar-refractivity contribution in [2.75, 3.05) is 36.9 Å². The van der Waals surface area contributed by atoms with Gasteiger partial charge in [0.25, 0.3) is 0 Å². The van der Waals surface area contributed by atoms with E-state index < -0.39 is 15.8 Å². The van der Waals surface area contributed by atoms with Crippen molar-refractivity contribution in [1.29, 1.82) is 0 Å². The highest BCUT2D eigenvalue weighted by molar-refractivity contribution is 7.91. The Morgan fingerprint density at radius 1 is 1.05 bits per heavy atom. The molecule has 10 heteroatoms. The maximum Gasteiger partial charge on any atom is 0.325 e. The first kappa shape index (κ1) is 26.9. The summed E-state index contributed by atoms with van der Waals surface area (Å²) in [6.45, 7) is 3.15. The van der Waals surface area contributed by atoms with Gasteiger partial charge in [0.1, 0.15) is 6.54 Å². The molecule has 1 aliphatic heterocycles. The Morgan fingerprint density at radius 2 is 1.73 bits per heavy atom. The van der Waals surface area contributed by atoms with E-state index >= 15 is 0 Å². The number of fused-ring (bicyclic) bond motifs is 1. The smallest absolute Gasteiger partial charge is 0.325 e. The molecule has 0 unspecified atom stereocenters. The van der Waals surface area contributed by atoms with Gasteiger partial charge in [0.05, 0.1) is 17.3 Å². The lowest BCUT2D eigenvalue weighted by Crippen LogP contribution is -2.49. The Hall–Kier alpha value is -3.17. The van der Waals surface area contributed by atoms with Crippen LogP contribution in [0.5, 0.6) is 0 Å². The number of benzene rings is 2. The molecule has 196 valence electrons. The lowest BCUT2D eigenvalue weighted by Gasteiger charge is -2.39. The summed E-state index contributed by atoms with van der Waals surface area (Å²) < 4.78 is 31.2. The van der Waals surface area contributed by atoms with Crippen LogP contribution in [0.4, 0.5) is 5.69 Å². The minimum Gasteiger partial charge on any atom is -0.465 e. The van der Waals surface area contributed by atoms with Crippen molar-refractivity contribution in [2.24, 2.45) is 0 Å². The van der Waals surface area contributed by atoms with Gasteiger partial charge in [-0.3, -0.25) is 14.6 Å². The highest BCUT2D eigenvalue weighted by Gasteiger charge is 2.31. The van der Waals surface area contributed by atoms with E-state index in [1.54, 1.807) is 49.6 Å². The number of esters is 1. The minimum absolute atomic E-state index is 0.151. The number of sulfone groups is 1. The summed E-state index contributed by atoms with van der Waals surface area (Å²) in [5.41, 5.74) is 1.06. The van der Waals surface area contributed by atoms with Crippen LogP contribution in [0.15, 0.2) is 65.8 Å². The van der Waals surface area contributed by atoms with Crippen LogP contribution in [0.2, 0.25) is 5.02 Å². The van der Waals surface area contributed by atoms with Gasteiger partial charge in [-0.1, -0.05) is 23.7 Å². The Labute approximate surface area is 222 Å². The fourth-order valence-electron chi connectivity index (χ4n) is 4.63. The average Bonchev–Trinajstić information content (AvgIpc) is 2.91. The third-order valence-corrected chi connectivity index (χ3v) is 8.52. The molecule has 4 rings (SSSR count). The van der Waals surface area contributed by atoms with Crippen molar-refractivity contribution < 1.29 is 22.7 Å². The quantitative estimate of drug-likeness (QED) is 0.375. The maximum atomic E-state index is 13.3. The first-order valence-corrected chi connectivity index (χ1v) is 14.3. The van der Waals surface area contributed by atoms with Gasteiger partial charge in [-0.25, -0.2) is 8.42 Å². The Balaban J connectivity index is 1.44. The van der Waals surface area contributed by atoms with Gasteiger partial charge in [0.2, 0.25) is 5.91 Å². The number of aromatic nitrogens is 1. The summed E-state index contributed by atoms with van der Waals surface area (Å²) in [4.78, 5) is 33.5. The molecule has 1 saturated heterocycles. The second-order valence-electron chi connectivity index (χ2n) is 8.97. The van der Waals surface area contributed by atoms with Crippen molar-refractivity contribution in [3.8, 4) is 0 Å². The second kappa shape index (κ2) is 11.9. The minimum atomic E-state index is -3.72. The number of piperidine rings is 1. The lowest BCUT2D eigenvalue weighted by molar-refractivity contribution is -0.150. The predicted molar refractivity (Wildman–Crippen MR) is 143 cm³/mol. The highest BCUT2D eigenvalue weighted by Crippen LogP contribution is 2.25. The summed E-state index contributed by atoms with van der Waals surface area (Å²) in [5.74, 6) is -1.21. The monoisotopic (exact) mass is 543 g/mol. The van der Waals surface area contributed by atoms with Crippen LogP contribution in [0, 0.1) is 0 Å². The molecule has 1 aliphatic rings. The summed E-state index contributed by atoms with van der Waals surface area (Å²) in [6.07, 6.45) is 4.58. The third kappa shape index (κ3) is 6.78. The van der Waals surface area contributed by atoms with E-state index in [9.17, 15) is 18.0 Å². The number of nitrogens with zero attached hydrogens (tertiary/aromatic N) is 3. The van der Waals surface area contributed by atoms with E-state index in [-0.39, 0.29) is 42.2 Å². The number of amides is 1. The molecule has 1 fully saturated rings. The Kier molecular flexibility index (Phi) is 8.66. The molecular weight excluding hydrogens is 514 g/mol. The second-order valence-corrected chi connectivity index (χ2v) is 11.5. The van der Waals surface area contributed by atoms with E-state index in [2.05, 4.69) is 9.88 Å². The zero-order valence-electron chi connectivity index (χ0n) is 20.7. The van der Waals surface area contributed by atoms with Crippen LogP contribution in [0.3, 0.4) is 0 Å². The van der Waals surface area contributed by atoms with Crippen LogP contribution in [0.1, 0.15) is 26.2 Å². The number of anilines is 1. The van der Waals surface area contributed by atoms with Crippen LogP contribution in [-0.2, 0) is 24.2 Å². The van der Waals surface area contributed by atoms with Crippen molar-refractivity contribution in [2.45, 2.75) is 37.1 Å². The zero-order valence-corrected chi connectivity index (χ0v) is 22.2. The molecular formula is C27H30ClN3O5S. The standard InChI is InChI=1S/C27H30ClN3O5S/c1-2-36-27(33)19-31(24-9-14-30(15-10-24)23-7-12-29-13-8-23)26(32)11-16-37(34,35)25-6-4-20-17-22(28)5-3-21(20)18-25/h3-8,12-13,17-18,24H,2,9-11,14-16,19H2,1H3. The summed E-state index contributed by atoms with van der Waals surface area (Å²) >= 11 is 6.02. The number of ether oxygens (including phenoxy) is 1. The Bertz CT molecular complexity index is 1360. The number of carbonyl (C=O) groups excluding carboxylic acids is 2. The van der Waals surface area contributed by atoms with Crippen LogP contribution >= 0.6 is 11.6 Å². The zero-order chi connectivity index (χ0) is 26.4. The molecule has 0 spiro atoms. The topological polar surface area (TPSA) is 96.9 Å². The maximum absolute atomic E-state index is 13.3.